The number of carbonyl (C=O) groups is 1. The number of nitrogens with one attached hydrogen (secondary N) is 2. The van der Waals surface area contributed by atoms with E-state index in [-0.39, 0.29) is 23.6 Å². The van der Waals surface area contributed by atoms with Crippen LogP contribution in [0.25, 0.3) is 11.0 Å². The van der Waals surface area contributed by atoms with Crippen molar-refractivity contribution in [2.45, 2.75) is 45.2 Å². The van der Waals surface area contributed by atoms with Crippen LogP contribution in [-0.2, 0) is 11.3 Å². The number of fused-ring (bicyclic) bond motifs is 1. The third-order valence-corrected chi connectivity index (χ3v) is 7.51. The highest BCUT2D eigenvalue weighted by Crippen LogP contribution is 2.35. The van der Waals surface area contributed by atoms with Gasteiger partial charge in [-0.15, -0.1) is 0 Å². The number of ether oxygens (including phenoxy) is 1. The number of aromatic nitrogens is 2. The van der Waals surface area contributed by atoms with Gasteiger partial charge in [-0.3, -0.25) is 9.36 Å². The van der Waals surface area contributed by atoms with E-state index in [1.165, 1.54) is 5.56 Å². The smallest absolute Gasteiger partial charge is 0.326 e. The Kier molecular flexibility index (Phi) is 7.04. The van der Waals surface area contributed by atoms with Crippen LogP contribution in [0.4, 0.5) is 11.4 Å². The summed E-state index contributed by atoms with van der Waals surface area (Å²) in [6.07, 6.45) is 3.05. The average molecular weight is 499 g/mol. The molecular formula is C30H34N4O3. The van der Waals surface area contributed by atoms with Crippen molar-refractivity contribution in [3.63, 3.8) is 0 Å². The van der Waals surface area contributed by atoms with E-state index in [0.717, 1.165) is 65.9 Å². The summed E-state index contributed by atoms with van der Waals surface area (Å²) in [6.45, 7) is 2.73. The number of nitrogens with zero attached hydrogens (tertiary/aromatic N) is 2. The highest BCUT2D eigenvalue weighted by atomic mass is 16.5. The molecule has 1 aliphatic rings. The number of rotatable bonds is 7. The minimum atomic E-state index is -0.0878. The summed E-state index contributed by atoms with van der Waals surface area (Å²) in [7, 11) is 3.68. The maximum absolute atomic E-state index is 13.1. The van der Waals surface area contributed by atoms with Gasteiger partial charge in [-0.05, 0) is 61.9 Å². The molecule has 0 spiro atoms. The lowest BCUT2D eigenvalue weighted by atomic mass is 9.85. The van der Waals surface area contributed by atoms with Gasteiger partial charge in [0.25, 0.3) is 0 Å². The number of amides is 1. The first-order valence-corrected chi connectivity index (χ1v) is 12.9. The second-order valence-corrected chi connectivity index (χ2v) is 9.99. The van der Waals surface area contributed by atoms with E-state index >= 15 is 0 Å². The Morgan fingerprint density at radius 3 is 2.54 bits per heavy atom. The minimum absolute atomic E-state index is 0.0282. The number of aryl methyl sites for hydroxylation is 1. The minimum Gasteiger partial charge on any atom is -0.496 e. The Morgan fingerprint density at radius 1 is 1.05 bits per heavy atom. The summed E-state index contributed by atoms with van der Waals surface area (Å²) in [4.78, 5) is 31.4. The van der Waals surface area contributed by atoms with E-state index in [9.17, 15) is 9.59 Å². The fourth-order valence-corrected chi connectivity index (χ4v) is 5.50. The molecule has 1 aliphatic carbocycles. The summed E-state index contributed by atoms with van der Waals surface area (Å²) in [6, 6.07) is 22.1. The number of methoxy groups -OCH3 is 1. The van der Waals surface area contributed by atoms with E-state index in [1.54, 1.807) is 7.11 Å². The molecule has 0 bridgehead atoms. The number of anilines is 2. The van der Waals surface area contributed by atoms with Crippen LogP contribution in [0.5, 0.6) is 5.75 Å². The van der Waals surface area contributed by atoms with E-state index in [2.05, 4.69) is 27.3 Å². The zero-order chi connectivity index (χ0) is 25.9. The van der Waals surface area contributed by atoms with E-state index < -0.39 is 0 Å². The monoisotopic (exact) mass is 498 g/mol. The van der Waals surface area contributed by atoms with Gasteiger partial charge in [0.2, 0.25) is 5.91 Å². The van der Waals surface area contributed by atoms with Gasteiger partial charge in [-0.25, -0.2) is 4.79 Å². The number of benzene rings is 3. The summed E-state index contributed by atoms with van der Waals surface area (Å²) < 4.78 is 7.27. The van der Waals surface area contributed by atoms with Crippen LogP contribution in [0.1, 0.15) is 42.9 Å². The summed E-state index contributed by atoms with van der Waals surface area (Å²) >= 11 is 0. The number of carbonyl (C=O) groups excluding carboxylic acids is 1. The van der Waals surface area contributed by atoms with Gasteiger partial charge in [-0.2, -0.15) is 0 Å². The predicted molar refractivity (Wildman–Crippen MR) is 148 cm³/mol. The lowest BCUT2D eigenvalue weighted by Crippen LogP contribution is -2.31. The van der Waals surface area contributed by atoms with Crippen molar-refractivity contribution in [2.24, 2.45) is 5.92 Å². The Morgan fingerprint density at radius 2 is 1.81 bits per heavy atom. The molecule has 5 rings (SSSR count). The molecule has 0 radical (unpaired) electrons. The first-order valence-electron chi connectivity index (χ1n) is 12.9. The Hall–Kier alpha value is -4.00. The Balaban J connectivity index is 1.29. The van der Waals surface area contributed by atoms with Crippen molar-refractivity contribution in [3.8, 4) is 5.75 Å². The fraction of sp³-hybridized carbons (Fsp3) is 0.333. The third kappa shape index (κ3) is 5.12. The van der Waals surface area contributed by atoms with Gasteiger partial charge in [-0.1, -0.05) is 42.5 Å². The van der Waals surface area contributed by atoms with Crippen molar-refractivity contribution < 1.29 is 9.53 Å². The second-order valence-electron chi connectivity index (χ2n) is 9.99. The maximum Gasteiger partial charge on any atom is 0.326 e. The average Bonchev–Trinajstić information content (AvgIpc) is 3.26. The quantitative estimate of drug-likeness (QED) is 0.345. The van der Waals surface area contributed by atoms with Crippen molar-refractivity contribution in [1.82, 2.24) is 9.55 Å². The second kappa shape index (κ2) is 10.5. The zero-order valence-electron chi connectivity index (χ0n) is 21.7. The molecule has 0 aliphatic heterocycles. The molecule has 1 fully saturated rings. The number of H-pyrrole nitrogens is 1. The molecule has 37 heavy (non-hydrogen) atoms. The number of hydrogen-bond donors (Lipinski definition) is 2. The molecule has 7 heteroatoms. The SMILES string of the molecule is COc1cc(NC(=O)[C@H]2CC[C@@H](n3c(=O)[nH]c4c(N(C)Cc5ccccc5)cccc43)CC2)ccc1C. The molecule has 2 N–H and O–H groups in total. The molecular weight excluding hydrogens is 464 g/mol. The lowest BCUT2D eigenvalue weighted by Gasteiger charge is -2.28. The van der Waals surface area contributed by atoms with Crippen LogP contribution < -0.4 is 20.6 Å². The van der Waals surface area contributed by atoms with Crippen LogP contribution in [0, 0.1) is 12.8 Å². The first kappa shape index (κ1) is 24.7. The van der Waals surface area contributed by atoms with Gasteiger partial charge in [0.15, 0.2) is 0 Å². The van der Waals surface area contributed by atoms with Gasteiger partial charge in [0.05, 0.1) is 23.8 Å². The zero-order valence-corrected chi connectivity index (χ0v) is 21.7. The van der Waals surface area contributed by atoms with Crippen LogP contribution in [0.2, 0.25) is 0 Å². The number of para-hydroxylation sites is 1. The van der Waals surface area contributed by atoms with Gasteiger partial charge < -0.3 is 19.9 Å². The molecule has 3 aromatic carbocycles. The maximum atomic E-state index is 13.1. The van der Waals surface area contributed by atoms with Crippen molar-refractivity contribution in [3.05, 3.63) is 88.3 Å². The Labute approximate surface area is 217 Å². The summed E-state index contributed by atoms with van der Waals surface area (Å²) in [5.74, 6) is 0.714. The van der Waals surface area contributed by atoms with Crippen LogP contribution >= 0.6 is 0 Å². The highest BCUT2D eigenvalue weighted by molar-refractivity contribution is 5.93. The molecule has 1 amide bonds. The first-order chi connectivity index (χ1) is 17.9. The molecule has 1 heterocycles. The van der Waals surface area contributed by atoms with E-state index in [4.69, 9.17) is 4.74 Å². The largest absolute Gasteiger partial charge is 0.496 e. The molecule has 0 atom stereocenters. The fourth-order valence-electron chi connectivity index (χ4n) is 5.50. The molecule has 4 aromatic rings. The van der Waals surface area contributed by atoms with Crippen molar-refractivity contribution in [2.75, 3.05) is 24.4 Å². The summed E-state index contributed by atoms with van der Waals surface area (Å²) in [5, 5.41) is 3.04. The number of imidazole rings is 1. The van der Waals surface area contributed by atoms with Gasteiger partial charge in [0, 0.05) is 37.3 Å². The molecule has 7 nitrogen and oxygen atoms in total. The van der Waals surface area contributed by atoms with Crippen LogP contribution in [-0.4, -0.2) is 29.6 Å². The molecule has 192 valence electrons. The van der Waals surface area contributed by atoms with Gasteiger partial charge >= 0.3 is 5.69 Å². The molecule has 1 aromatic heterocycles. The van der Waals surface area contributed by atoms with E-state index in [0.29, 0.717) is 0 Å². The molecule has 0 unspecified atom stereocenters. The lowest BCUT2D eigenvalue weighted by molar-refractivity contribution is -0.121. The van der Waals surface area contributed by atoms with E-state index in [1.807, 2.05) is 73.1 Å². The highest BCUT2D eigenvalue weighted by Gasteiger charge is 2.29. The van der Waals surface area contributed by atoms with Crippen LogP contribution in [0.15, 0.2) is 71.5 Å². The van der Waals surface area contributed by atoms with Crippen molar-refractivity contribution >= 4 is 28.3 Å². The topological polar surface area (TPSA) is 79.4 Å². The number of hydrogen-bond acceptors (Lipinski definition) is 4. The molecule has 1 saturated carbocycles. The Bertz CT molecular complexity index is 1450. The normalized spacial score (nSPS) is 17.5. The van der Waals surface area contributed by atoms with Crippen molar-refractivity contribution in [1.29, 1.82) is 0 Å². The third-order valence-electron chi connectivity index (χ3n) is 7.51. The van der Waals surface area contributed by atoms with Crippen LogP contribution in [0.3, 0.4) is 0 Å². The predicted octanol–water partition coefficient (Wildman–Crippen LogP) is 5.65. The standard InChI is InChI=1S/C30H34N4O3/c1-20-12-15-23(18-27(20)37-3)31-29(35)22-13-16-24(17-14-22)34-26-11-7-10-25(28(26)32-30(34)36)33(2)19-21-8-5-4-6-9-21/h4-12,15,18,22,24H,13-14,16-17,19H2,1-3H3,(H,31,35)(H,32,36)/t22-,24+. The number of aromatic amines is 1. The summed E-state index contributed by atoms with van der Waals surface area (Å²) in [5.41, 5.74) is 5.67. The van der Waals surface area contributed by atoms with Gasteiger partial charge in [0.1, 0.15) is 5.75 Å². The molecule has 0 saturated heterocycles.